The Balaban J connectivity index is 1.99. The van der Waals surface area contributed by atoms with E-state index in [2.05, 4.69) is 21.5 Å². The minimum absolute atomic E-state index is 0.331. The number of hydrogen-bond acceptors (Lipinski definition) is 6. The van der Waals surface area contributed by atoms with Crippen molar-refractivity contribution < 1.29 is 4.74 Å². The third-order valence-electron chi connectivity index (χ3n) is 4.02. The summed E-state index contributed by atoms with van der Waals surface area (Å²) in [5, 5.41) is 3.46. The van der Waals surface area contributed by atoms with E-state index in [0.717, 1.165) is 12.4 Å². The van der Waals surface area contributed by atoms with Gasteiger partial charge in [0.25, 0.3) is 0 Å². The molecule has 5 nitrogen and oxygen atoms in total. The van der Waals surface area contributed by atoms with Gasteiger partial charge in [-0.3, -0.25) is 0 Å². The number of nitrogens with two attached hydrogens (primary N) is 1. The number of aromatic nitrogens is 2. The van der Waals surface area contributed by atoms with Crippen molar-refractivity contribution in [3.05, 3.63) is 11.9 Å². The van der Waals surface area contributed by atoms with Gasteiger partial charge < -0.3 is 15.8 Å². The van der Waals surface area contributed by atoms with Gasteiger partial charge in [-0.1, -0.05) is 19.3 Å². The van der Waals surface area contributed by atoms with Gasteiger partial charge in [0.15, 0.2) is 5.82 Å². The second-order valence-corrected chi connectivity index (χ2v) is 6.81. The van der Waals surface area contributed by atoms with Crippen molar-refractivity contribution in [1.29, 1.82) is 0 Å². The average Bonchev–Trinajstić information content (AvgIpc) is 2.51. The first kappa shape index (κ1) is 16.4. The Bertz CT molecular complexity index is 449. The van der Waals surface area contributed by atoms with Crippen LogP contribution in [0.3, 0.4) is 0 Å². The first-order valence-corrected chi connectivity index (χ1v) is 8.90. The molecule has 0 aliphatic heterocycles. The Morgan fingerprint density at radius 2 is 2.10 bits per heavy atom. The Hall–Kier alpha value is -1.01. The minimum atomic E-state index is 0.331. The second kappa shape index (κ2) is 7.84. The van der Waals surface area contributed by atoms with Gasteiger partial charge in [0, 0.05) is 24.0 Å². The number of ether oxygens (including phenoxy) is 1. The van der Waals surface area contributed by atoms with Crippen molar-refractivity contribution in [1.82, 2.24) is 9.97 Å². The highest BCUT2D eigenvalue weighted by atomic mass is 32.2. The summed E-state index contributed by atoms with van der Waals surface area (Å²) in [6, 6.07) is 1.80. The maximum absolute atomic E-state index is 5.85. The molecule has 1 aromatic heterocycles. The molecule has 1 aromatic rings. The summed E-state index contributed by atoms with van der Waals surface area (Å²) >= 11 is 1.97. The zero-order valence-electron chi connectivity index (χ0n) is 13.0. The summed E-state index contributed by atoms with van der Waals surface area (Å²) < 4.78 is 5.68. The zero-order chi connectivity index (χ0) is 15.1. The Morgan fingerprint density at radius 1 is 1.33 bits per heavy atom. The molecule has 3 N–H and O–H groups in total. The predicted molar refractivity (Wildman–Crippen MR) is 89.6 cm³/mol. The number of anilines is 2. The van der Waals surface area contributed by atoms with E-state index >= 15 is 0 Å². The van der Waals surface area contributed by atoms with Crippen LogP contribution in [0, 0.1) is 0 Å². The van der Waals surface area contributed by atoms with Gasteiger partial charge in [-0.2, -0.15) is 11.8 Å². The molecular formula is C15H26N4OS. The van der Waals surface area contributed by atoms with Gasteiger partial charge in [0.1, 0.15) is 18.2 Å². The first-order chi connectivity index (χ1) is 10.2. The fraction of sp³-hybridized carbons (Fsp3) is 0.733. The van der Waals surface area contributed by atoms with Crippen molar-refractivity contribution >= 4 is 23.4 Å². The Morgan fingerprint density at radius 3 is 2.76 bits per heavy atom. The van der Waals surface area contributed by atoms with Crippen LogP contribution in [0.4, 0.5) is 11.6 Å². The van der Waals surface area contributed by atoms with E-state index in [1.165, 1.54) is 32.1 Å². The molecule has 1 aliphatic rings. The van der Waals surface area contributed by atoms with Crippen LogP contribution in [0.5, 0.6) is 0 Å². The van der Waals surface area contributed by atoms with E-state index in [4.69, 9.17) is 10.5 Å². The monoisotopic (exact) mass is 310 g/mol. The lowest BCUT2D eigenvalue weighted by Gasteiger charge is -2.36. The summed E-state index contributed by atoms with van der Waals surface area (Å²) in [6.45, 7) is 3.94. The van der Waals surface area contributed by atoms with E-state index in [9.17, 15) is 0 Å². The quantitative estimate of drug-likeness (QED) is 0.806. The molecule has 0 amide bonds. The second-order valence-electron chi connectivity index (χ2n) is 5.53. The highest BCUT2D eigenvalue weighted by molar-refractivity contribution is 8.00. The number of hydrogen-bond donors (Lipinski definition) is 2. The molecule has 0 radical (unpaired) electrons. The van der Waals surface area contributed by atoms with Gasteiger partial charge in [-0.15, -0.1) is 0 Å². The molecular weight excluding hydrogens is 284 g/mol. The molecule has 118 valence electrons. The number of nitrogens with one attached hydrogen (secondary N) is 1. The predicted octanol–water partition coefficient (Wildman–Crippen LogP) is 3.07. The topological polar surface area (TPSA) is 73.1 Å². The van der Waals surface area contributed by atoms with E-state index in [1.807, 2.05) is 18.7 Å². The highest BCUT2D eigenvalue weighted by Crippen LogP contribution is 2.38. The molecule has 0 saturated heterocycles. The zero-order valence-corrected chi connectivity index (χ0v) is 13.8. The van der Waals surface area contributed by atoms with Gasteiger partial charge >= 0.3 is 0 Å². The van der Waals surface area contributed by atoms with Gasteiger partial charge in [-0.25, -0.2) is 9.97 Å². The SMILES string of the molecule is CCOCc1nc(N)cc(NCC2(SC)CCCCC2)n1. The normalized spacial score (nSPS) is 17.6. The average molecular weight is 310 g/mol. The number of nitrogen functional groups attached to an aromatic ring is 1. The van der Waals surface area contributed by atoms with E-state index in [1.54, 1.807) is 6.07 Å². The summed E-state index contributed by atoms with van der Waals surface area (Å²) in [6.07, 6.45) is 8.76. The van der Waals surface area contributed by atoms with Crippen LogP contribution in [0.25, 0.3) is 0 Å². The third kappa shape index (κ3) is 4.74. The molecule has 0 bridgehead atoms. The molecule has 6 heteroatoms. The smallest absolute Gasteiger partial charge is 0.158 e. The Kier molecular flexibility index (Phi) is 6.11. The Labute approximate surface area is 131 Å². The third-order valence-corrected chi connectivity index (χ3v) is 5.44. The molecule has 1 heterocycles. The van der Waals surface area contributed by atoms with Crippen molar-refractivity contribution in [3.8, 4) is 0 Å². The molecule has 21 heavy (non-hydrogen) atoms. The van der Waals surface area contributed by atoms with Crippen LogP contribution in [-0.2, 0) is 11.3 Å². The lowest BCUT2D eigenvalue weighted by Crippen LogP contribution is -2.35. The van der Waals surface area contributed by atoms with Crippen LogP contribution in [0.15, 0.2) is 6.07 Å². The summed E-state index contributed by atoms with van der Waals surface area (Å²) in [7, 11) is 0. The van der Waals surface area contributed by atoms with Crippen molar-refractivity contribution in [3.63, 3.8) is 0 Å². The van der Waals surface area contributed by atoms with Crippen LogP contribution in [0.2, 0.25) is 0 Å². The van der Waals surface area contributed by atoms with Crippen molar-refractivity contribution in [2.45, 2.75) is 50.4 Å². The first-order valence-electron chi connectivity index (χ1n) is 7.68. The summed E-state index contributed by atoms with van der Waals surface area (Å²) in [5.74, 6) is 1.93. The van der Waals surface area contributed by atoms with Crippen LogP contribution < -0.4 is 11.1 Å². The van der Waals surface area contributed by atoms with Crippen molar-refractivity contribution in [2.24, 2.45) is 0 Å². The lowest BCUT2D eigenvalue weighted by atomic mass is 9.88. The van der Waals surface area contributed by atoms with E-state index < -0.39 is 0 Å². The van der Waals surface area contributed by atoms with Crippen LogP contribution in [0.1, 0.15) is 44.9 Å². The molecule has 0 spiro atoms. The lowest BCUT2D eigenvalue weighted by molar-refractivity contribution is 0.128. The maximum atomic E-state index is 5.85. The summed E-state index contributed by atoms with van der Waals surface area (Å²) in [4.78, 5) is 8.68. The van der Waals surface area contributed by atoms with Crippen LogP contribution in [-0.4, -0.2) is 34.1 Å². The van der Waals surface area contributed by atoms with Crippen LogP contribution >= 0.6 is 11.8 Å². The molecule has 1 fully saturated rings. The minimum Gasteiger partial charge on any atom is -0.384 e. The molecule has 0 aromatic carbocycles. The van der Waals surface area contributed by atoms with E-state index in [0.29, 0.717) is 29.6 Å². The van der Waals surface area contributed by atoms with Gasteiger partial charge in [0.05, 0.1) is 0 Å². The van der Waals surface area contributed by atoms with Gasteiger partial charge in [-0.05, 0) is 26.0 Å². The number of nitrogens with zero attached hydrogens (tertiary/aromatic N) is 2. The van der Waals surface area contributed by atoms with Crippen molar-refractivity contribution in [2.75, 3.05) is 30.5 Å². The van der Waals surface area contributed by atoms with Gasteiger partial charge in [0.2, 0.25) is 0 Å². The fourth-order valence-corrected chi connectivity index (χ4v) is 3.68. The highest BCUT2D eigenvalue weighted by Gasteiger charge is 2.30. The number of rotatable bonds is 7. The maximum Gasteiger partial charge on any atom is 0.158 e. The molecule has 0 unspecified atom stereocenters. The molecule has 2 rings (SSSR count). The molecule has 1 aliphatic carbocycles. The van der Waals surface area contributed by atoms with E-state index in [-0.39, 0.29) is 0 Å². The largest absolute Gasteiger partial charge is 0.384 e. The standard InChI is InChI=1S/C15H26N4OS/c1-3-20-10-14-18-12(16)9-13(19-14)17-11-15(21-2)7-5-4-6-8-15/h9H,3-8,10-11H2,1-2H3,(H3,16,17,18,19). The summed E-state index contributed by atoms with van der Waals surface area (Å²) in [5.41, 5.74) is 5.85. The molecule has 1 saturated carbocycles. The number of thioether (sulfide) groups is 1. The fourth-order valence-electron chi connectivity index (χ4n) is 2.77. The molecule has 0 atom stereocenters.